The van der Waals surface area contributed by atoms with Crippen LogP contribution in [-0.2, 0) is 22.2 Å². The summed E-state index contributed by atoms with van der Waals surface area (Å²) in [5.41, 5.74) is 3.03. The van der Waals surface area contributed by atoms with Gasteiger partial charge in [-0.15, -0.1) is 0 Å². The van der Waals surface area contributed by atoms with Gasteiger partial charge in [-0.3, -0.25) is 0 Å². The lowest BCUT2D eigenvalue weighted by atomic mass is 9.82. The fourth-order valence-corrected chi connectivity index (χ4v) is 5.70. The molecule has 1 atom stereocenters. The first-order valence-electron chi connectivity index (χ1n) is 12.5. The lowest BCUT2D eigenvalue weighted by Crippen LogP contribution is -2.31. The van der Waals surface area contributed by atoms with Crippen LogP contribution in [0.3, 0.4) is 0 Å². The third-order valence-electron chi connectivity index (χ3n) is 6.94. The summed E-state index contributed by atoms with van der Waals surface area (Å²) in [5.74, 6) is 0.106. The molecule has 0 aliphatic heterocycles. The van der Waals surface area contributed by atoms with Crippen molar-refractivity contribution in [2.75, 3.05) is 7.11 Å². The zero-order valence-corrected chi connectivity index (χ0v) is 23.6. The lowest BCUT2D eigenvalue weighted by Gasteiger charge is -2.27. The van der Waals surface area contributed by atoms with Crippen molar-refractivity contribution in [1.29, 1.82) is 0 Å². The zero-order valence-electron chi connectivity index (χ0n) is 22.6. The van der Waals surface area contributed by atoms with Crippen LogP contribution in [0, 0.1) is 0 Å². The molecule has 0 saturated carbocycles. The number of methoxy groups -OCH3 is 1. The van der Waals surface area contributed by atoms with Crippen molar-refractivity contribution in [3.8, 4) is 11.5 Å². The van der Waals surface area contributed by atoms with Crippen molar-refractivity contribution < 1.29 is 24.2 Å². The summed E-state index contributed by atoms with van der Waals surface area (Å²) < 4.78 is 11.7. The van der Waals surface area contributed by atoms with Gasteiger partial charge in [0.1, 0.15) is 17.1 Å². The molecule has 1 aliphatic rings. The summed E-state index contributed by atoms with van der Waals surface area (Å²) in [6.07, 6.45) is 0.686. The van der Waals surface area contributed by atoms with E-state index in [-0.39, 0.29) is 11.0 Å². The molecule has 0 bridgehead atoms. The number of hydrogen-bond donors (Lipinski definition) is 2. The Balaban J connectivity index is 2.12. The second-order valence-corrected chi connectivity index (χ2v) is 12.7. The molecule has 5 nitrogen and oxygen atoms in total. The van der Waals surface area contributed by atoms with Crippen LogP contribution >= 0.6 is 0 Å². The number of benzene rings is 3. The van der Waals surface area contributed by atoms with Gasteiger partial charge in [-0.05, 0) is 65.4 Å². The van der Waals surface area contributed by atoms with Crippen LogP contribution in [0.2, 0.25) is 13.1 Å². The van der Waals surface area contributed by atoms with Crippen molar-refractivity contribution in [3.05, 3.63) is 99.6 Å². The van der Waals surface area contributed by atoms with Crippen molar-refractivity contribution in [2.45, 2.75) is 58.2 Å². The van der Waals surface area contributed by atoms with E-state index < -0.39 is 20.6 Å². The van der Waals surface area contributed by atoms with Crippen LogP contribution in [-0.4, -0.2) is 32.3 Å². The van der Waals surface area contributed by atoms with Gasteiger partial charge in [0.05, 0.1) is 12.7 Å². The molecule has 1 aliphatic carbocycles. The first-order chi connectivity index (χ1) is 17.4. The van der Waals surface area contributed by atoms with Crippen LogP contribution in [0.1, 0.15) is 61.1 Å². The molecule has 0 fully saturated rings. The van der Waals surface area contributed by atoms with Crippen LogP contribution in [0.4, 0.5) is 0 Å². The van der Waals surface area contributed by atoms with E-state index in [4.69, 9.17) is 9.16 Å². The summed E-state index contributed by atoms with van der Waals surface area (Å²) in [7, 11) is 0.409. The molecular formula is C31H35O5Si. The van der Waals surface area contributed by atoms with E-state index in [1.807, 2.05) is 43.3 Å². The molecule has 37 heavy (non-hydrogen) atoms. The van der Waals surface area contributed by atoms with Crippen LogP contribution in [0.25, 0.3) is 5.57 Å². The third-order valence-corrected chi connectivity index (χ3v) is 7.56. The van der Waals surface area contributed by atoms with Gasteiger partial charge in [-0.2, -0.15) is 0 Å². The topological polar surface area (TPSA) is 76.0 Å². The lowest BCUT2D eigenvalue weighted by molar-refractivity contribution is -0.134. The van der Waals surface area contributed by atoms with Crippen LogP contribution < -0.4 is 9.16 Å². The minimum atomic E-state index is -1.85. The van der Waals surface area contributed by atoms with E-state index in [0.717, 1.165) is 16.7 Å². The summed E-state index contributed by atoms with van der Waals surface area (Å²) in [4.78, 5) is 13.0. The van der Waals surface area contributed by atoms with Gasteiger partial charge in [0.15, 0.2) is 0 Å². The maximum absolute atomic E-state index is 13.0. The molecule has 6 heteroatoms. The number of carboxylic acid groups (broad SMARTS) is 1. The molecule has 0 saturated heterocycles. The first kappa shape index (κ1) is 26.7. The summed E-state index contributed by atoms with van der Waals surface area (Å²) in [5, 5.41) is 23.1. The zero-order chi connectivity index (χ0) is 27.1. The predicted octanol–water partition coefficient (Wildman–Crippen LogP) is 6.32. The van der Waals surface area contributed by atoms with Gasteiger partial charge in [0.25, 0.3) is 9.04 Å². The number of aliphatic carboxylic acids is 1. The van der Waals surface area contributed by atoms with Gasteiger partial charge in [0.2, 0.25) is 0 Å². The molecule has 0 aromatic heterocycles. The number of rotatable bonds is 7. The quantitative estimate of drug-likeness (QED) is 0.360. The molecule has 1 radical (unpaired) electrons. The molecule has 2 N–H and O–H groups in total. The number of aliphatic hydroxyl groups is 1. The van der Waals surface area contributed by atoms with Crippen molar-refractivity contribution >= 4 is 20.6 Å². The Hall–Kier alpha value is -3.35. The Kier molecular flexibility index (Phi) is 7.10. The van der Waals surface area contributed by atoms with Crippen LogP contribution in [0.15, 0.2) is 66.2 Å². The monoisotopic (exact) mass is 515 g/mol. The molecule has 0 spiro atoms. The van der Waals surface area contributed by atoms with Crippen molar-refractivity contribution in [3.63, 3.8) is 0 Å². The highest BCUT2D eigenvalue weighted by Gasteiger charge is 2.50. The SMILES string of the molecule is CCc1cccc2c1C(c1ccc(C(C)(C)C)cc1O[Si](C)C)=C(C(=O)O)C2(O)c1ccc(OC)cc1. The second-order valence-electron chi connectivity index (χ2n) is 10.7. The molecule has 193 valence electrons. The fraction of sp³-hybridized carbons (Fsp3) is 0.323. The van der Waals surface area contributed by atoms with Gasteiger partial charge in [-0.1, -0.05) is 70.2 Å². The highest BCUT2D eigenvalue weighted by Crippen LogP contribution is 2.54. The number of ether oxygens (including phenoxy) is 1. The van der Waals surface area contributed by atoms with E-state index in [2.05, 4.69) is 33.9 Å². The van der Waals surface area contributed by atoms with E-state index in [1.165, 1.54) is 0 Å². The Morgan fingerprint density at radius 3 is 2.24 bits per heavy atom. The molecule has 0 amide bonds. The Morgan fingerprint density at radius 2 is 1.70 bits per heavy atom. The normalized spacial score (nSPS) is 17.2. The first-order valence-corrected chi connectivity index (χ1v) is 14.9. The van der Waals surface area contributed by atoms with Gasteiger partial charge < -0.3 is 19.4 Å². The minimum absolute atomic E-state index is 0.0668. The van der Waals surface area contributed by atoms with Gasteiger partial charge >= 0.3 is 5.97 Å². The van der Waals surface area contributed by atoms with E-state index >= 15 is 0 Å². The Morgan fingerprint density at radius 1 is 1.03 bits per heavy atom. The van der Waals surface area contributed by atoms with E-state index in [9.17, 15) is 15.0 Å². The largest absolute Gasteiger partial charge is 0.542 e. The average Bonchev–Trinajstić information content (AvgIpc) is 3.13. The van der Waals surface area contributed by atoms with E-state index in [0.29, 0.717) is 40.2 Å². The van der Waals surface area contributed by atoms with Gasteiger partial charge in [0, 0.05) is 16.7 Å². The number of hydrogen-bond acceptors (Lipinski definition) is 4. The standard InChI is InChI=1S/C31H35O5Si/c1-8-19-10-9-11-24-26(19)27(23-17-14-21(30(2,3)4)18-25(23)36-37(6)7)28(29(32)33)31(24,34)20-12-15-22(35-5)16-13-20/h9-18,34H,8H2,1-7H3,(H,32,33). The Labute approximate surface area is 221 Å². The maximum Gasteiger partial charge on any atom is 0.335 e. The third kappa shape index (κ3) is 4.60. The fourth-order valence-electron chi connectivity index (χ4n) is 5.09. The summed E-state index contributed by atoms with van der Waals surface area (Å²) in [6.45, 7) is 12.6. The molecule has 0 heterocycles. The van der Waals surface area contributed by atoms with Crippen molar-refractivity contribution in [1.82, 2.24) is 0 Å². The summed E-state index contributed by atoms with van der Waals surface area (Å²) in [6, 6.07) is 18.7. The number of carbonyl (C=O) groups is 1. The second kappa shape index (κ2) is 9.84. The molecule has 4 rings (SSSR count). The molecular weight excluding hydrogens is 480 g/mol. The highest BCUT2D eigenvalue weighted by atomic mass is 28.3. The predicted molar refractivity (Wildman–Crippen MR) is 149 cm³/mol. The number of carboxylic acids is 1. The minimum Gasteiger partial charge on any atom is -0.542 e. The summed E-state index contributed by atoms with van der Waals surface area (Å²) >= 11 is 0. The highest BCUT2D eigenvalue weighted by molar-refractivity contribution is 6.49. The Bertz CT molecular complexity index is 1370. The van der Waals surface area contributed by atoms with Crippen molar-refractivity contribution in [2.24, 2.45) is 0 Å². The smallest absolute Gasteiger partial charge is 0.335 e. The molecule has 3 aromatic rings. The average molecular weight is 516 g/mol. The molecule has 3 aromatic carbocycles. The number of aryl methyl sites for hydroxylation is 1. The van der Waals surface area contributed by atoms with Gasteiger partial charge in [-0.25, -0.2) is 4.79 Å². The van der Waals surface area contributed by atoms with Crippen LogP contribution in [0.5, 0.6) is 11.5 Å². The maximum atomic E-state index is 13.0. The molecule has 1 unspecified atom stereocenters. The van der Waals surface area contributed by atoms with E-state index in [1.54, 1.807) is 31.4 Å². The number of fused-ring (bicyclic) bond motifs is 1.